The number of aliphatic hydroxyl groups excluding tert-OH is 11. The molecule has 0 bridgehead atoms. The van der Waals surface area contributed by atoms with Crippen molar-refractivity contribution in [2.45, 2.75) is 156 Å². The fraction of sp³-hybridized carbons (Fsp3) is 0.780. The summed E-state index contributed by atoms with van der Waals surface area (Å²) >= 11 is 0. The van der Waals surface area contributed by atoms with E-state index in [1.54, 1.807) is 33.8 Å². The second-order valence-electron chi connectivity index (χ2n) is 15.9. The molecule has 17 atom stereocenters. The zero-order valence-electron chi connectivity index (χ0n) is 34.7. The summed E-state index contributed by atoms with van der Waals surface area (Å²) in [5.74, 6) is -1.77. The summed E-state index contributed by atoms with van der Waals surface area (Å²) in [6.07, 6.45) is -8.06. The molecule has 15 nitrogen and oxygen atoms in total. The Labute approximate surface area is 332 Å². The van der Waals surface area contributed by atoms with Crippen LogP contribution in [0.3, 0.4) is 0 Å². The molecule has 1 aliphatic heterocycles. The summed E-state index contributed by atoms with van der Waals surface area (Å²) in [5, 5.41) is 112. The van der Waals surface area contributed by atoms with E-state index in [1.807, 2.05) is 19.9 Å². The standard InChI is InChI=1S/C41H72O15/c1-11-20(2)12-21(3)13-26(8)39(56-41-38(52)37(51)36(50)31(19-44)55-41)27(9)15-24(6)32(46)22(4)14-23(5)33(47)25(7)16-28(10)40(53)54-30(18-43)35(49)34(48)29(45)17-42/h13-16,20-22,25,27,29-39,41-52H,11-12,17-19H2,1-10H3/b23-14+,24-15+,26-13+,28-16+/t20-,21-,22-,25-,27-,29+,30+,31+,32-,33+,34+,35-,36+,37-,38-,39+,41-/m0/s1. The molecule has 0 aromatic rings. The van der Waals surface area contributed by atoms with Crippen molar-refractivity contribution in [2.75, 3.05) is 19.8 Å². The zero-order valence-corrected chi connectivity index (χ0v) is 34.7. The molecule has 11 N–H and O–H groups in total. The molecule has 326 valence electrons. The average molecular weight is 805 g/mol. The number of carbonyl (C=O) groups excluding carboxylic acids is 1. The maximum absolute atomic E-state index is 12.7. The Morgan fingerprint density at radius 1 is 0.696 bits per heavy atom. The van der Waals surface area contributed by atoms with E-state index in [1.165, 1.54) is 13.0 Å². The first-order valence-corrected chi connectivity index (χ1v) is 19.6. The molecule has 0 aliphatic carbocycles. The van der Waals surface area contributed by atoms with E-state index in [-0.39, 0.29) is 11.5 Å². The van der Waals surface area contributed by atoms with Gasteiger partial charge in [0.05, 0.1) is 38.1 Å². The SMILES string of the molecule is CC[C@H](C)C[C@H](C)/C=C(\C)[C@@H](O[C@@H]1O[C@H](CO)[C@@H](O)[C@H](O)[C@@H]1O)[C@@H](C)/C=C(\C)[C@@H](O)[C@@H](C)/C=C(\C)[C@@H](O)[C@@H](C)/C=C(\C)C(=O)O[C@H](CO)[C@H](O)[C@H](O)[C@H](O)CO. The van der Waals surface area contributed by atoms with E-state index in [0.29, 0.717) is 17.1 Å². The van der Waals surface area contributed by atoms with E-state index in [9.17, 15) is 55.9 Å². The molecule has 0 radical (unpaired) electrons. The molecule has 1 rings (SSSR count). The summed E-state index contributed by atoms with van der Waals surface area (Å²) in [6.45, 7) is 16.1. The van der Waals surface area contributed by atoms with Gasteiger partial charge in [-0.1, -0.05) is 72.3 Å². The first-order valence-electron chi connectivity index (χ1n) is 19.6. The van der Waals surface area contributed by atoms with Gasteiger partial charge in [0.25, 0.3) is 0 Å². The first-order chi connectivity index (χ1) is 26.1. The van der Waals surface area contributed by atoms with Crippen LogP contribution >= 0.6 is 0 Å². The van der Waals surface area contributed by atoms with Gasteiger partial charge in [-0.15, -0.1) is 0 Å². The molecule has 15 heteroatoms. The quantitative estimate of drug-likeness (QED) is 0.0385. The zero-order chi connectivity index (χ0) is 43.2. The Balaban J connectivity index is 3.23. The summed E-state index contributed by atoms with van der Waals surface area (Å²) < 4.78 is 17.1. The van der Waals surface area contributed by atoms with Gasteiger partial charge in [-0.2, -0.15) is 0 Å². The maximum Gasteiger partial charge on any atom is 0.333 e. The van der Waals surface area contributed by atoms with Crippen molar-refractivity contribution in [2.24, 2.45) is 29.6 Å². The second-order valence-corrected chi connectivity index (χ2v) is 15.9. The Bertz CT molecular complexity index is 1300. The number of allylic oxidation sites excluding steroid dienone is 1. The molecule has 0 aromatic heterocycles. The third kappa shape index (κ3) is 15.3. The molecule has 56 heavy (non-hydrogen) atoms. The number of esters is 1. The Morgan fingerprint density at radius 3 is 1.73 bits per heavy atom. The predicted octanol–water partition coefficient (Wildman–Crippen LogP) is 0.638. The average Bonchev–Trinajstić information content (AvgIpc) is 3.16. The van der Waals surface area contributed by atoms with Crippen LogP contribution in [0.25, 0.3) is 0 Å². The van der Waals surface area contributed by atoms with Gasteiger partial charge in [-0.3, -0.25) is 0 Å². The van der Waals surface area contributed by atoms with Gasteiger partial charge < -0.3 is 70.4 Å². The highest BCUT2D eigenvalue weighted by Crippen LogP contribution is 2.30. The molecule has 0 unspecified atom stereocenters. The summed E-state index contributed by atoms with van der Waals surface area (Å²) in [7, 11) is 0. The number of aliphatic hydroxyl groups is 11. The van der Waals surface area contributed by atoms with Crippen LogP contribution in [0, 0.1) is 29.6 Å². The van der Waals surface area contributed by atoms with Gasteiger partial charge in [0.15, 0.2) is 12.4 Å². The molecule has 0 spiro atoms. The number of hydrogen-bond donors (Lipinski definition) is 11. The van der Waals surface area contributed by atoms with Crippen molar-refractivity contribution in [3.63, 3.8) is 0 Å². The van der Waals surface area contributed by atoms with Gasteiger partial charge in [-0.05, 0) is 62.7 Å². The normalized spacial score (nSPS) is 28.3. The second kappa shape index (κ2) is 24.7. The van der Waals surface area contributed by atoms with E-state index >= 15 is 0 Å². The first kappa shape index (κ1) is 51.9. The number of rotatable bonds is 23. The van der Waals surface area contributed by atoms with Crippen molar-refractivity contribution in [3.8, 4) is 0 Å². The Kier molecular flexibility index (Phi) is 22.9. The third-order valence-electron chi connectivity index (χ3n) is 10.6. The molecular weight excluding hydrogens is 732 g/mol. The minimum atomic E-state index is -1.89. The van der Waals surface area contributed by atoms with Crippen LogP contribution < -0.4 is 0 Å². The van der Waals surface area contributed by atoms with E-state index < -0.39 is 117 Å². The van der Waals surface area contributed by atoms with Crippen molar-refractivity contribution in [1.82, 2.24) is 0 Å². The lowest BCUT2D eigenvalue weighted by Crippen LogP contribution is -2.60. The number of carbonyl (C=O) groups is 1. The van der Waals surface area contributed by atoms with Crippen molar-refractivity contribution < 1.29 is 75.2 Å². The molecular formula is C41H72O15. The highest BCUT2D eigenvalue weighted by atomic mass is 16.7. The molecule has 1 aliphatic rings. The predicted molar refractivity (Wildman–Crippen MR) is 208 cm³/mol. The minimum absolute atomic E-state index is 0.0344. The summed E-state index contributed by atoms with van der Waals surface area (Å²) in [4.78, 5) is 12.7. The maximum atomic E-state index is 12.7. The van der Waals surface area contributed by atoms with E-state index in [4.69, 9.17) is 19.3 Å². The Morgan fingerprint density at radius 2 is 1.23 bits per heavy atom. The smallest absolute Gasteiger partial charge is 0.333 e. The van der Waals surface area contributed by atoms with Crippen LogP contribution in [0.1, 0.15) is 82.1 Å². The third-order valence-corrected chi connectivity index (χ3v) is 10.6. The molecule has 1 fully saturated rings. The molecule has 0 aromatic carbocycles. The lowest BCUT2D eigenvalue weighted by molar-refractivity contribution is -0.310. The molecule has 0 saturated carbocycles. The molecule has 0 amide bonds. The van der Waals surface area contributed by atoms with E-state index in [2.05, 4.69) is 26.8 Å². The summed E-state index contributed by atoms with van der Waals surface area (Å²) in [5.41, 5.74) is 1.96. The number of hydrogen-bond acceptors (Lipinski definition) is 15. The van der Waals surface area contributed by atoms with Gasteiger partial charge in [0, 0.05) is 23.3 Å². The van der Waals surface area contributed by atoms with Crippen molar-refractivity contribution in [3.05, 3.63) is 46.6 Å². The van der Waals surface area contributed by atoms with Gasteiger partial charge in [0.1, 0.15) is 42.7 Å². The lowest BCUT2D eigenvalue weighted by atomic mass is 9.87. The van der Waals surface area contributed by atoms with Gasteiger partial charge in [0.2, 0.25) is 0 Å². The van der Waals surface area contributed by atoms with Crippen molar-refractivity contribution >= 4 is 5.97 Å². The topological polar surface area (TPSA) is 267 Å². The highest BCUT2D eigenvalue weighted by molar-refractivity contribution is 5.88. The fourth-order valence-corrected chi connectivity index (χ4v) is 6.97. The fourth-order valence-electron chi connectivity index (χ4n) is 6.97. The van der Waals surface area contributed by atoms with Crippen LogP contribution in [0.15, 0.2) is 46.6 Å². The minimum Gasteiger partial charge on any atom is -0.454 e. The van der Waals surface area contributed by atoms with Crippen LogP contribution in [0.2, 0.25) is 0 Å². The molecule has 1 saturated heterocycles. The summed E-state index contributed by atoms with van der Waals surface area (Å²) in [6, 6.07) is 0. The Hall–Kier alpha value is -2.09. The van der Waals surface area contributed by atoms with Crippen LogP contribution in [-0.2, 0) is 19.0 Å². The monoisotopic (exact) mass is 804 g/mol. The number of ether oxygens (including phenoxy) is 3. The largest absolute Gasteiger partial charge is 0.454 e. The molecule has 1 heterocycles. The van der Waals surface area contributed by atoms with Crippen LogP contribution in [-0.4, -0.2) is 155 Å². The lowest BCUT2D eigenvalue weighted by Gasteiger charge is -2.41. The van der Waals surface area contributed by atoms with E-state index in [0.717, 1.165) is 18.4 Å². The highest BCUT2D eigenvalue weighted by Gasteiger charge is 2.45. The van der Waals surface area contributed by atoms with Crippen LogP contribution in [0.4, 0.5) is 0 Å². The van der Waals surface area contributed by atoms with Gasteiger partial charge >= 0.3 is 5.97 Å². The van der Waals surface area contributed by atoms with Crippen molar-refractivity contribution in [1.29, 1.82) is 0 Å². The van der Waals surface area contributed by atoms with Gasteiger partial charge in [-0.25, -0.2) is 4.79 Å². The van der Waals surface area contributed by atoms with Crippen LogP contribution in [0.5, 0.6) is 0 Å².